The van der Waals surface area contributed by atoms with Gasteiger partial charge in [0.15, 0.2) is 49.9 Å². The van der Waals surface area contributed by atoms with E-state index in [9.17, 15) is 0 Å². The number of rotatable bonds is 34. The van der Waals surface area contributed by atoms with E-state index in [4.69, 9.17) is 54.1 Å². The maximum atomic E-state index is 7.46. The first-order chi connectivity index (χ1) is 29.0. The molecule has 0 saturated heterocycles. The summed E-state index contributed by atoms with van der Waals surface area (Å²) in [4.78, 5) is 0. The summed E-state index contributed by atoms with van der Waals surface area (Å²) in [5.41, 5.74) is 0. The van der Waals surface area contributed by atoms with Crippen molar-refractivity contribution in [3.8, 4) is 0 Å². The first-order valence-electron chi connectivity index (χ1n) is 24.8. The van der Waals surface area contributed by atoms with E-state index in [2.05, 4.69) is 196 Å². The van der Waals surface area contributed by atoms with Gasteiger partial charge in [0.25, 0.3) is 0 Å². The lowest BCUT2D eigenvalue weighted by Crippen LogP contribution is -2.60. The van der Waals surface area contributed by atoms with Crippen LogP contribution >= 0.6 is 0 Å². The van der Waals surface area contributed by atoms with Crippen molar-refractivity contribution in [3.05, 3.63) is 0 Å². The van der Waals surface area contributed by atoms with Crippen LogP contribution < -0.4 is 0 Å². The van der Waals surface area contributed by atoms with E-state index < -0.39 is 127 Å². The molecule has 0 amide bonds. The highest BCUT2D eigenvalue weighted by Crippen LogP contribution is 2.36. The molecule has 0 aromatic carbocycles. The summed E-state index contributed by atoms with van der Waals surface area (Å²) < 4.78 is 88.2. The fourth-order valence-corrected chi connectivity index (χ4v) is 83.7. The van der Waals surface area contributed by atoms with Gasteiger partial charge in [-0.25, -0.2) is 0 Å². The zero-order valence-electron chi connectivity index (χ0n) is 49.8. The first kappa shape index (κ1) is 69.7. The molecule has 67 heavy (non-hydrogen) atoms. The molecule has 0 rings (SSSR count). The number of hydrogen-bond acceptors (Lipinski definition) is 13. The van der Waals surface area contributed by atoms with Crippen molar-refractivity contribution in [2.24, 2.45) is 0 Å². The summed E-state index contributed by atoms with van der Waals surface area (Å²) >= 11 is 0. The van der Waals surface area contributed by atoms with Gasteiger partial charge < -0.3 is 54.1 Å². The summed E-state index contributed by atoms with van der Waals surface area (Å²) in [6, 6.07) is 5.80. The van der Waals surface area contributed by atoms with Crippen LogP contribution in [0.2, 0.25) is 233 Å². The Balaban J connectivity index is 6.49. The SMILES string of the molecule is CO[Si](C)(C)O[Si](C)(C)O[Si](C)(C)CC[Si](C)(C)O[Si](C)(C)O[Si](C)(CCC[Si](C)(C)O[Si](C)(C)O[Si](C)(C)O[Si](C)(C)C)O[Si](C)(C)O[Si](C)(C)CC[Si](C)(C)O[Si](C)(C)O[Si](C)(C)OC. The van der Waals surface area contributed by atoms with E-state index >= 15 is 0 Å². The van der Waals surface area contributed by atoms with Crippen molar-refractivity contribution in [2.75, 3.05) is 14.2 Å². The molecule has 0 heterocycles. The molecule has 0 spiro atoms. The van der Waals surface area contributed by atoms with Crippen molar-refractivity contribution >= 4 is 127 Å². The Morgan fingerprint density at radius 2 is 0.418 bits per heavy atom. The Hall–Kier alpha value is 2.73. The topological polar surface area (TPSA) is 120 Å². The third kappa shape index (κ3) is 32.7. The second-order valence-corrected chi connectivity index (χ2v) is 85.9. The Kier molecular flexibility index (Phi) is 25.8. The molecule has 0 aliphatic rings. The molecule has 404 valence electrons. The summed E-state index contributed by atoms with van der Waals surface area (Å²) in [7, 11) is -31.4. The van der Waals surface area contributed by atoms with E-state index in [1.165, 1.54) is 0 Å². The molecule has 0 bridgehead atoms. The molecular weight excluding hydrogens is 1100 g/mol. The molecular formula is C39H110O13Si15. The lowest BCUT2D eigenvalue weighted by Gasteiger charge is -2.45. The maximum absolute atomic E-state index is 7.46. The zero-order valence-corrected chi connectivity index (χ0v) is 64.8. The summed E-state index contributed by atoms with van der Waals surface area (Å²) in [5.74, 6) is 0. The van der Waals surface area contributed by atoms with Gasteiger partial charge in [-0.1, -0.05) is 6.42 Å². The van der Waals surface area contributed by atoms with E-state index in [0.717, 1.165) is 42.7 Å². The van der Waals surface area contributed by atoms with Gasteiger partial charge in [-0.2, -0.15) is 0 Å². The molecule has 0 aromatic heterocycles. The van der Waals surface area contributed by atoms with Crippen LogP contribution in [0.5, 0.6) is 0 Å². The van der Waals surface area contributed by atoms with Gasteiger partial charge in [0.1, 0.15) is 0 Å². The molecule has 0 unspecified atom stereocenters. The van der Waals surface area contributed by atoms with Crippen molar-refractivity contribution in [1.82, 2.24) is 0 Å². The average molecular weight is 1210 g/mol. The highest BCUT2D eigenvalue weighted by Gasteiger charge is 2.50. The van der Waals surface area contributed by atoms with Gasteiger partial charge in [0, 0.05) is 14.2 Å². The lowest BCUT2D eigenvalue weighted by molar-refractivity contribution is 0.278. The quantitative estimate of drug-likeness (QED) is 0.0569. The minimum absolute atomic E-state index is 0.835. The van der Waals surface area contributed by atoms with Crippen molar-refractivity contribution in [1.29, 1.82) is 0 Å². The van der Waals surface area contributed by atoms with Crippen LogP contribution in [-0.2, 0) is 54.1 Å². The second kappa shape index (κ2) is 24.8. The van der Waals surface area contributed by atoms with E-state index in [-0.39, 0.29) is 0 Å². The predicted octanol–water partition coefficient (Wildman–Crippen LogP) is 14.4. The van der Waals surface area contributed by atoms with Gasteiger partial charge in [0.05, 0.1) is 0 Å². The molecule has 0 saturated carbocycles. The highest BCUT2D eigenvalue weighted by molar-refractivity contribution is 6.93. The highest BCUT2D eigenvalue weighted by atomic mass is 28.5. The van der Waals surface area contributed by atoms with E-state index in [1.54, 1.807) is 14.2 Å². The first-order valence-corrected chi connectivity index (χ1v) is 68.9. The van der Waals surface area contributed by atoms with Crippen molar-refractivity contribution < 1.29 is 54.1 Å². The van der Waals surface area contributed by atoms with Crippen molar-refractivity contribution in [2.45, 2.75) is 239 Å². The molecule has 0 aliphatic carbocycles. The van der Waals surface area contributed by atoms with Crippen LogP contribution in [0.3, 0.4) is 0 Å². The van der Waals surface area contributed by atoms with Crippen LogP contribution in [0.25, 0.3) is 0 Å². The van der Waals surface area contributed by atoms with Gasteiger partial charge in [-0.05, 0) is 233 Å². The average Bonchev–Trinajstić information content (AvgIpc) is 2.96. The third-order valence-corrected chi connectivity index (χ3v) is 66.7. The molecule has 0 N–H and O–H groups in total. The van der Waals surface area contributed by atoms with Gasteiger partial charge in [-0.3, -0.25) is 0 Å². The molecule has 0 aliphatic heterocycles. The summed E-state index contributed by atoms with van der Waals surface area (Å²) in [6.45, 7) is 66.8. The van der Waals surface area contributed by atoms with Gasteiger partial charge >= 0.3 is 77.0 Å². The molecule has 28 heteroatoms. The third-order valence-electron chi connectivity index (χ3n) is 10.6. The molecule has 0 fully saturated rings. The van der Waals surface area contributed by atoms with Gasteiger partial charge in [-0.15, -0.1) is 0 Å². The molecule has 13 nitrogen and oxygen atoms in total. The van der Waals surface area contributed by atoms with E-state index in [1.807, 2.05) is 0 Å². The largest absolute Gasteiger partial charge is 0.437 e. The summed E-state index contributed by atoms with van der Waals surface area (Å²) in [6.07, 6.45) is 0.943. The van der Waals surface area contributed by atoms with Crippen LogP contribution in [-0.4, -0.2) is 141 Å². The Morgan fingerprint density at radius 1 is 0.209 bits per heavy atom. The standard InChI is InChI=1S/C39H110O13Si15/c1-40-59(16,17)48-62(22,23)44-55(8,9)36-38-57(12,13)46-65(28,29)51-67(32,35-33-34-54(6,7)43-64(26,27)50-61(20,21)42-53(3,4)5)52-66(30,31)47-58(14,15)39-37-56(10,11)45-63(24,25)49-60(18,19)41-2/h33-39H2,1-32H3. The Morgan fingerprint density at radius 3 is 0.657 bits per heavy atom. The summed E-state index contributed by atoms with van der Waals surface area (Å²) in [5, 5.41) is 0. The minimum atomic E-state index is -2.89. The molecule has 0 aromatic rings. The zero-order chi connectivity index (χ0) is 53.6. The van der Waals surface area contributed by atoms with Crippen LogP contribution in [0.4, 0.5) is 0 Å². The Bertz CT molecular complexity index is 1450. The Labute approximate surface area is 431 Å². The smallest absolute Gasteiger partial charge is 0.322 e. The van der Waals surface area contributed by atoms with E-state index in [0.29, 0.717) is 0 Å². The lowest BCUT2D eigenvalue weighted by atomic mass is 10.6. The predicted molar refractivity (Wildman–Crippen MR) is 322 cm³/mol. The normalized spacial score (nSPS) is 15.8. The monoisotopic (exact) mass is 1210 g/mol. The fraction of sp³-hybridized carbons (Fsp3) is 1.00. The fourth-order valence-electron chi connectivity index (χ4n) is 9.51. The van der Waals surface area contributed by atoms with Gasteiger partial charge in [0.2, 0.25) is 0 Å². The van der Waals surface area contributed by atoms with Crippen LogP contribution in [0, 0.1) is 0 Å². The minimum Gasteiger partial charge on any atom is -0.437 e. The van der Waals surface area contributed by atoms with Crippen molar-refractivity contribution in [3.63, 3.8) is 0 Å². The maximum Gasteiger partial charge on any atom is 0.322 e. The second-order valence-electron chi connectivity index (χ2n) is 26.6. The number of hydrogen-bond donors (Lipinski definition) is 0. The van der Waals surface area contributed by atoms with Crippen LogP contribution in [0.1, 0.15) is 6.42 Å². The molecule has 0 radical (unpaired) electrons. The van der Waals surface area contributed by atoms with Crippen LogP contribution in [0.15, 0.2) is 0 Å². The molecule has 0 atom stereocenters.